The molecule has 8 nitrogen and oxygen atoms in total. The molecule has 1 heterocycles. The van der Waals surface area contributed by atoms with Crippen LogP contribution in [0.1, 0.15) is 38.8 Å². The van der Waals surface area contributed by atoms with Gasteiger partial charge in [-0.15, -0.1) is 0 Å². The Morgan fingerprint density at radius 2 is 1.74 bits per heavy atom. The number of piperazine rings is 1. The molecular weight excluding hydrogens is 454 g/mol. The van der Waals surface area contributed by atoms with Crippen LogP contribution in [0.25, 0.3) is 0 Å². The van der Waals surface area contributed by atoms with E-state index in [-0.39, 0.29) is 38.0 Å². The van der Waals surface area contributed by atoms with Gasteiger partial charge in [-0.25, -0.2) is 8.42 Å². The van der Waals surface area contributed by atoms with Gasteiger partial charge in [-0.2, -0.15) is 4.31 Å². The topological polar surface area (TPSA) is 96.0 Å². The number of sulfonamides is 1. The minimum absolute atomic E-state index is 0.0395. The molecule has 0 aliphatic carbocycles. The molecule has 0 radical (unpaired) electrons. The zero-order valence-electron chi connectivity index (χ0n) is 20.2. The Hall–Kier alpha value is -2.91. The highest BCUT2D eigenvalue weighted by molar-refractivity contribution is 7.89. The van der Waals surface area contributed by atoms with Crippen molar-refractivity contribution in [2.45, 2.75) is 52.4 Å². The van der Waals surface area contributed by atoms with Crippen LogP contribution in [-0.2, 0) is 32.7 Å². The molecule has 34 heavy (non-hydrogen) atoms. The van der Waals surface area contributed by atoms with Crippen LogP contribution in [0.4, 0.5) is 0 Å². The number of ether oxygens (including phenoxy) is 1. The average molecular weight is 488 g/mol. The van der Waals surface area contributed by atoms with Crippen molar-refractivity contribution in [2.24, 2.45) is 0 Å². The Balaban J connectivity index is 1.86. The molecule has 1 fully saturated rings. The van der Waals surface area contributed by atoms with Gasteiger partial charge < -0.3 is 15.0 Å². The minimum Gasteiger partial charge on any atom is -0.491 e. The molecule has 0 saturated carbocycles. The fourth-order valence-electron chi connectivity index (χ4n) is 3.93. The number of amides is 2. The van der Waals surface area contributed by atoms with Crippen LogP contribution < -0.4 is 10.1 Å². The number of nitrogens with one attached hydrogen (secondary N) is 1. The Morgan fingerprint density at radius 3 is 2.32 bits per heavy atom. The van der Waals surface area contributed by atoms with Gasteiger partial charge in [0.05, 0.1) is 18.4 Å². The standard InChI is InChI=1S/C25H33N3O5S/c1-5-34(31,32)27-17-23(29)28(16-21-11-13-22(14-12-21)33-19(2)3)25(4,18-27)24(30)26-15-20-9-7-6-8-10-20/h6-14,19H,5,15-18H2,1-4H3,(H,26,30)/t25-/m1/s1. The van der Waals surface area contributed by atoms with Crippen LogP contribution >= 0.6 is 0 Å². The van der Waals surface area contributed by atoms with Gasteiger partial charge in [-0.05, 0) is 51.0 Å². The summed E-state index contributed by atoms with van der Waals surface area (Å²) in [6, 6.07) is 16.8. The number of hydrogen-bond acceptors (Lipinski definition) is 5. The van der Waals surface area contributed by atoms with Crippen LogP contribution in [0.3, 0.4) is 0 Å². The number of rotatable bonds is 9. The third-order valence-corrected chi connectivity index (χ3v) is 7.65. The summed E-state index contributed by atoms with van der Waals surface area (Å²) in [7, 11) is -3.65. The van der Waals surface area contributed by atoms with E-state index in [9.17, 15) is 18.0 Å². The molecule has 2 amide bonds. The van der Waals surface area contributed by atoms with Crippen LogP contribution in [0.2, 0.25) is 0 Å². The highest BCUT2D eigenvalue weighted by Gasteiger charge is 2.49. The normalized spacial score (nSPS) is 19.3. The summed E-state index contributed by atoms with van der Waals surface area (Å²) in [4.78, 5) is 28.1. The largest absolute Gasteiger partial charge is 0.491 e. The maximum absolute atomic E-state index is 13.4. The Morgan fingerprint density at radius 1 is 1.09 bits per heavy atom. The second-order valence-electron chi connectivity index (χ2n) is 8.90. The first-order chi connectivity index (χ1) is 16.0. The molecule has 1 atom stereocenters. The van der Waals surface area contributed by atoms with E-state index in [4.69, 9.17) is 4.74 Å². The zero-order valence-corrected chi connectivity index (χ0v) is 21.0. The van der Waals surface area contributed by atoms with Crippen LogP contribution in [0, 0.1) is 0 Å². The third kappa shape index (κ3) is 5.95. The lowest BCUT2D eigenvalue weighted by molar-refractivity contribution is -0.153. The lowest BCUT2D eigenvalue weighted by atomic mass is 9.94. The van der Waals surface area contributed by atoms with Crippen molar-refractivity contribution in [1.29, 1.82) is 0 Å². The van der Waals surface area contributed by atoms with Gasteiger partial charge in [0.2, 0.25) is 21.8 Å². The van der Waals surface area contributed by atoms with Crippen LogP contribution in [-0.4, -0.2) is 59.9 Å². The molecule has 0 unspecified atom stereocenters. The van der Waals surface area contributed by atoms with E-state index >= 15 is 0 Å². The van der Waals surface area contributed by atoms with E-state index in [2.05, 4.69) is 5.32 Å². The van der Waals surface area contributed by atoms with Gasteiger partial charge >= 0.3 is 0 Å². The highest BCUT2D eigenvalue weighted by Crippen LogP contribution is 2.28. The summed E-state index contributed by atoms with van der Waals surface area (Å²) < 4.78 is 32.0. The van der Waals surface area contributed by atoms with Crippen LogP contribution in [0.15, 0.2) is 54.6 Å². The SMILES string of the molecule is CCS(=O)(=O)N1CC(=O)N(Cc2ccc(OC(C)C)cc2)[C@@](C)(C(=O)NCc2ccccc2)C1. The van der Waals surface area contributed by atoms with Gasteiger partial charge in [0.15, 0.2) is 0 Å². The first-order valence-electron chi connectivity index (χ1n) is 11.4. The number of carbonyl (C=O) groups is 2. The summed E-state index contributed by atoms with van der Waals surface area (Å²) in [5.41, 5.74) is 0.352. The monoisotopic (exact) mass is 487 g/mol. The summed E-state index contributed by atoms with van der Waals surface area (Å²) in [5.74, 6) is -0.241. The van der Waals surface area contributed by atoms with Crippen molar-refractivity contribution in [2.75, 3.05) is 18.8 Å². The van der Waals surface area contributed by atoms with Gasteiger partial charge in [0, 0.05) is 19.6 Å². The molecule has 1 aliphatic heterocycles. The quantitative estimate of drug-likeness (QED) is 0.587. The Labute approximate surface area is 201 Å². The van der Waals surface area contributed by atoms with Gasteiger partial charge in [-0.1, -0.05) is 42.5 Å². The molecule has 9 heteroatoms. The molecule has 2 aromatic carbocycles. The van der Waals surface area contributed by atoms with Crippen LogP contribution in [0.5, 0.6) is 5.75 Å². The number of nitrogens with zero attached hydrogens (tertiary/aromatic N) is 2. The molecule has 0 bridgehead atoms. The first-order valence-corrected chi connectivity index (χ1v) is 13.0. The Kier molecular flexibility index (Phi) is 7.99. The van der Waals surface area contributed by atoms with E-state index < -0.39 is 27.4 Å². The molecule has 2 aromatic rings. The van der Waals surface area contributed by atoms with E-state index in [1.807, 2.05) is 68.4 Å². The molecule has 1 saturated heterocycles. The first kappa shape index (κ1) is 25.7. The van der Waals surface area contributed by atoms with Crippen molar-refractivity contribution in [1.82, 2.24) is 14.5 Å². The number of benzene rings is 2. The second kappa shape index (κ2) is 10.6. The van der Waals surface area contributed by atoms with Crippen molar-refractivity contribution >= 4 is 21.8 Å². The van der Waals surface area contributed by atoms with Gasteiger partial charge in [0.1, 0.15) is 11.3 Å². The summed E-state index contributed by atoms with van der Waals surface area (Å²) in [6.45, 7) is 7.09. The zero-order chi connectivity index (χ0) is 24.9. The van der Waals surface area contributed by atoms with Crippen molar-refractivity contribution < 1.29 is 22.7 Å². The van der Waals surface area contributed by atoms with E-state index in [1.54, 1.807) is 6.92 Å². The van der Waals surface area contributed by atoms with Gasteiger partial charge in [-0.3, -0.25) is 9.59 Å². The number of hydrogen-bond donors (Lipinski definition) is 1. The summed E-state index contributed by atoms with van der Waals surface area (Å²) >= 11 is 0. The molecule has 184 valence electrons. The Bertz CT molecular complexity index is 1100. The lowest BCUT2D eigenvalue weighted by Crippen LogP contribution is -2.69. The molecule has 0 spiro atoms. The van der Waals surface area contributed by atoms with Gasteiger partial charge in [0.25, 0.3) is 0 Å². The number of carbonyl (C=O) groups excluding carboxylic acids is 2. The van der Waals surface area contributed by atoms with E-state index in [0.717, 1.165) is 15.4 Å². The molecule has 0 aromatic heterocycles. The fourth-order valence-corrected chi connectivity index (χ4v) is 5.05. The highest BCUT2D eigenvalue weighted by atomic mass is 32.2. The predicted molar refractivity (Wildman–Crippen MR) is 130 cm³/mol. The predicted octanol–water partition coefficient (Wildman–Crippen LogP) is 2.54. The summed E-state index contributed by atoms with van der Waals surface area (Å²) in [5, 5.41) is 2.89. The smallest absolute Gasteiger partial charge is 0.247 e. The average Bonchev–Trinajstić information content (AvgIpc) is 2.81. The van der Waals surface area contributed by atoms with Crippen molar-refractivity contribution in [3.63, 3.8) is 0 Å². The summed E-state index contributed by atoms with van der Waals surface area (Å²) in [6.07, 6.45) is 0.0395. The molecule has 3 rings (SSSR count). The minimum atomic E-state index is -3.65. The second-order valence-corrected chi connectivity index (χ2v) is 11.2. The maximum Gasteiger partial charge on any atom is 0.247 e. The van der Waals surface area contributed by atoms with Crippen molar-refractivity contribution in [3.8, 4) is 5.75 Å². The maximum atomic E-state index is 13.4. The molecular formula is C25H33N3O5S. The van der Waals surface area contributed by atoms with E-state index in [0.29, 0.717) is 5.75 Å². The lowest BCUT2D eigenvalue weighted by Gasteiger charge is -2.46. The third-order valence-electron chi connectivity index (χ3n) is 5.87. The van der Waals surface area contributed by atoms with E-state index in [1.165, 1.54) is 11.8 Å². The molecule has 1 aliphatic rings. The molecule has 1 N–H and O–H groups in total. The fraction of sp³-hybridized carbons (Fsp3) is 0.440. The van der Waals surface area contributed by atoms with Crippen molar-refractivity contribution in [3.05, 3.63) is 65.7 Å².